The van der Waals surface area contributed by atoms with E-state index < -0.39 is 0 Å². The van der Waals surface area contributed by atoms with E-state index >= 15 is 0 Å². The number of anilines is 1. The second kappa shape index (κ2) is 7.03. The minimum Gasteiger partial charge on any atom is -0.472 e. The minimum absolute atomic E-state index is 0.337. The number of benzene rings is 2. The molecule has 0 radical (unpaired) electrons. The molecule has 0 fully saturated rings. The molecule has 2 aromatic carbocycles. The molecule has 2 heterocycles. The van der Waals surface area contributed by atoms with Crippen LogP contribution in [0.15, 0.2) is 45.6 Å². The predicted molar refractivity (Wildman–Crippen MR) is 106 cm³/mol. The molecule has 4 rings (SSSR count). The first kappa shape index (κ1) is 18.1. The van der Waals surface area contributed by atoms with E-state index in [1.807, 2.05) is 26.0 Å². The SMILES string of the molecule is CCc1cc(=O)oc2c(C)c3c(cc12)CN(c1ccc(C(=O)OC)cc1)CO3. The lowest BCUT2D eigenvalue weighted by Crippen LogP contribution is -2.32. The van der Waals surface area contributed by atoms with Gasteiger partial charge in [-0.25, -0.2) is 9.59 Å². The summed E-state index contributed by atoms with van der Waals surface area (Å²) in [6.07, 6.45) is 0.750. The fourth-order valence-corrected chi connectivity index (χ4v) is 3.67. The largest absolute Gasteiger partial charge is 0.472 e. The zero-order valence-electron chi connectivity index (χ0n) is 16.1. The molecule has 144 valence electrons. The molecule has 0 amide bonds. The first-order chi connectivity index (χ1) is 13.5. The van der Waals surface area contributed by atoms with Crippen molar-refractivity contribution in [1.29, 1.82) is 0 Å². The van der Waals surface area contributed by atoms with E-state index in [0.29, 0.717) is 24.4 Å². The summed E-state index contributed by atoms with van der Waals surface area (Å²) in [6.45, 7) is 4.97. The normalized spacial score (nSPS) is 13.2. The highest BCUT2D eigenvalue weighted by molar-refractivity contribution is 5.90. The number of hydrogen-bond acceptors (Lipinski definition) is 6. The zero-order valence-corrected chi connectivity index (χ0v) is 16.1. The number of fused-ring (bicyclic) bond motifs is 2. The van der Waals surface area contributed by atoms with Crippen LogP contribution in [0.1, 0.15) is 34.0 Å². The van der Waals surface area contributed by atoms with E-state index in [0.717, 1.165) is 39.9 Å². The van der Waals surface area contributed by atoms with Crippen LogP contribution >= 0.6 is 0 Å². The summed E-state index contributed by atoms with van der Waals surface area (Å²) < 4.78 is 16.2. The van der Waals surface area contributed by atoms with Gasteiger partial charge in [0.2, 0.25) is 0 Å². The predicted octanol–water partition coefficient (Wildman–Crippen LogP) is 3.81. The lowest BCUT2D eigenvalue weighted by atomic mass is 9.99. The zero-order chi connectivity index (χ0) is 19.8. The Hall–Kier alpha value is -3.28. The van der Waals surface area contributed by atoms with Gasteiger partial charge in [-0.1, -0.05) is 6.92 Å². The molecule has 6 nitrogen and oxygen atoms in total. The molecule has 0 aliphatic carbocycles. The number of aryl methyl sites for hydroxylation is 2. The van der Waals surface area contributed by atoms with Gasteiger partial charge in [0.1, 0.15) is 11.3 Å². The van der Waals surface area contributed by atoms with Crippen molar-refractivity contribution >= 4 is 22.6 Å². The Morgan fingerprint density at radius 3 is 2.64 bits per heavy atom. The molecule has 0 atom stereocenters. The van der Waals surface area contributed by atoms with E-state index in [-0.39, 0.29) is 11.6 Å². The fraction of sp³-hybridized carbons (Fsp3) is 0.273. The summed E-state index contributed by atoms with van der Waals surface area (Å²) in [5.41, 5.74) is 4.57. The minimum atomic E-state index is -0.359. The third-order valence-corrected chi connectivity index (χ3v) is 5.14. The smallest absolute Gasteiger partial charge is 0.337 e. The first-order valence-corrected chi connectivity index (χ1v) is 9.17. The molecular weight excluding hydrogens is 358 g/mol. The average Bonchev–Trinajstić information content (AvgIpc) is 2.73. The van der Waals surface area contributed by atoms with Gasteiger partial charge in [0.15, 0.2) is 6.73 Å². The molecule has 1 aromatic heterocycles. The molecule has 1 aliphatic rings. The number of rotatable bonds is 3. The number of esters is 1. The number of ether oxygens (including phenoxy) is 2. The number of carbonyl (C=O) groups excluding carboxylic acids is 1. The number of carbonyl (C=O) groups is 1. The maximum atomic E-state index is 11.9. The maximum absolute atomic E-state index is 11.9. The molecule has 0 spiro atoms. The molecule has 0 saturated heterocycles. The van der Waals surface area contributed by atoms with Crippen molar-refractivity contribution in [3.63, 3.8) is 0 Å². The van der Waals surface area contributed by atoms with Crippen molar-refractivity contribution in [2.45, 2.75) is 26.8 Å². The third-order valence-electron chi connectivity index (χ3n) is 5.14. The number of nitrogens with zero attached hydrogens (tertiary/aromatic N) is 1. The van der Waals surface area contributed by atoms with Gasteiger partial charge in [-0.15, -0.1) is 0 Å². The van der Waals surface area contributed by atoms with Crippen molar-refractivity contribution < 1.29 is 18.7 Å². The summed E-state index contributed by atoms with van der Waals surface area (Å²) >= 11 is 0. The molecule has 6 heteroatoms. The van der Waals surface area contributed by atoms with Gasteiger partial charge in [0, 0.05) is 34.8 Å². The summed E-state index contributed by atoms with van der Waals surface area (Å²) in [5.74, 6) is 0.411. The van der Waals surface area contributed by atoms with E-state index in [9.17, 15) is 9.59 Å². The van der Waals surface area contributed by atoms with Crippen molar-refractivity contribution in [3.05, 3.63) is 69.1 Å². The van der Waals surface area contributed by atoms with Gasteiger partial charge in [-0.3, -0.25) is 0 Å². The Balaban J connectivity index is 1.72. The van der Waals surface area contributed by atoms with Crippen molar-refractivity contribution in [2.75, 3.05) is 18.7 Å². The number of hydrogen-bond donors (Lipinski definition) is 0. The van der Waals surface area contributed by atoms with Gasteiger partial charge in [-0.05, 0) is 49.2 Å². The van der Waals surface area contributed by atoms with Crippen molar-refractivity contribution in [2.24, 2.45) is 0 Å². The second-order valence-electron chi connectivity index (χ2n) is 6.82. The fourth-order valence-electron chi connectivity index (χ4n) is 3.67. The molecule has 0 unspecified atom stereocenters. The summed E-state index contributed by atoms with van der Waals surface area (Å²) in [4.78, 5) is 25.6. The Labute approximate surface area is 162 Å². The van der Waals surface area contributed by atoms with Crippen molar-refractivity contribution in [1.82, 2.24) is 0 Å². The summed E-state index contributed by atoms with van der Waals surface area (Å²) in [5, 5.41) is 0.949. The monoisotopic (exact) mass is 379 g/mol. The second-order valence-corrected chi connectivity index (χ2v) is 6.82. The Morgan fingerprint density at radius 1 is 1.21 bits per heavy atom. The summed E-state index contributed by atoms with van der Waals surface area (Å²) in [6, 6.07) is 10.9. The first-order valence-electron chi connectivity index (χ1n) is 9.17. The van der Waals surface area contributed by atoms with Crippen LogP contribution in [0.2, 0.25) is 0 Å². The molecule has 0 saturated carbocycles. The Morgan fingerprint density at radius 2 is 1.96 bits per heavy atom. The van der Waals surface area contributed by atoms with E-state index in [1.54, 1.807) is 18.2 Å². The standard InChI is InChI=1S/C22H21NO5/c1-4-14-10-19(24)28-21-13(2)20-16(9-18(14)21)11-23(12-27-20)17-7-5-15(6-8-17)22(25)26-3/h5-10H,4,11-12H2,1-3H3. The number of methoxy groups -OCH3 is 1. The highest BCUT2D eigenvalue weighted by Gasteiger charge is 2.23. The molecule has 0 bridgehead atoms. The van der Waals surface area contributed by atoms with Crippen LogP contribution in [0.4, 0.5) is 5.69 Å². The lowest BCUT2D eigenvalue weighted by Gasteiger charge is -2.32. The maximum Gasteiger partial charge on any atom is 0.337 e. The molecule has 3 aromatic rings. The Kier molecular flexibility index (Phi) is 4.55. The molecule has 28 heavy (non-hydrogen) atoms. The third kappa shape index (κ3) is 3.01. The van der Waals surface area contributed by atoms with Gasteiger partial charge < -0.3 is 18.8 Å². The van der Waals surface area contributed by atoms with Crippen LogP contribution in [-0.4, -0.2) is 19.8 Å². The topological polar surface area (TPSA) is 69.0 Å². The van der Waals surface area contributed by atoms with Crippen LogP contribution in [0.5, 0.6) is 5.75 Å². The van der Waals surface area contributed by atoms with Crippen LogP contribution in [0.25, 0.3) is 11.0 Å². The highest BCUT2D eigenvalue weighted by Crippen LogP contribution is 2.37. The average molecular weight is 379 g/mol. The molecular formula is C22H21NO5. The summed E-state index contributed by atoms with van der Waals surface area (Å²) in [7, 11) is 1.37. The quantitative estimate of drug-likeness (QED) is 0.509. The van der Waals surface area contributed by atoms with Gasteiger partial charge in [-0.2, -0.15) is 0 Å². The van der Waals surface area contributed by atoms with E-state index in [2.05, 4.69) is 11.0 Å². The van der Waals surface area contributed by atoms with Crippen LogP contribution < -0.4 is 15.3 Å². The van der Waals surface area contributed by atoms with Gasteiger partial charge in [0.05, 0.1) is 12.7 Å². The van der Waals surface area contributed by atoms with E-state index in [4.69, 9.17) is 13.9 Å². The lowest BCUT2D eigenvalue weighted by molar-refractivity contribution is 0.0601. The van der Waals surface area contributed by atoms with Crippen molar-refractivity contribution in [3.8, 4) is 5.75 Å². The van der Waals surface area contributed by atoms with Crippen LogP contribution in [0, 0.1) is 6.92 Å². The molecule has 0 N–H and O–H groups in total. The van der Waals surface area contributed by atoms with E-state index in [1.165, 1.54) is 7.11 Å². The van der Waals surface area contributed by atoms with Gasteiger partial charge in [0.25, 0.3) is 0 Å². The van der Waals surface area contributed by atoms with Crippen LogP contribution in [0.3, 0.4) is 0 Å². The van der Waals surface area contributed by atoms with Crippen LogP contribution in [-0.2, 0) is 17.7 Å². The van der Waals surface area contributed by atoms with Gasteiger partial charge >= 0.3 is 11.6 Å². The molecule has 1 aliphatic heterocycles. The highest BCUT2D eigenvalue weighted by atomic mass is 16.5. The Bertz CT molecular complexity index is 1110.